The van der Waals surface area contributed by atoms with E-state index in [0.717, 1.165) is 24.8 Å². The molecule has 0 radical (unpaired) electrons. The zero-order valence-electron chi connectivity index (χ0n) is 14.3. The third-order valence-corrected chi connectivity index (χ3v) is 4.62. The van der Waals surface area contributed by atoms with E-state index >= 15 is 0 Å². The van der Waals surface area contributed by atoms with Crippen LogP contribution in [-0.4, -0.2) is 43.2 Å². The fourth-order valence-electron chi connectivity index (χ4n) is 3.19. The molecule has 1 aliphatic rings. The van der Waals surface area contributed by atoms with Crippen molar-refractivity contribution >= 4 is 5.91 Å². The van der Waals surface area contributed by atoms with Crippen LogP contribution in [0, 0.1) is 5.92 Å². The molecule has 1 aliphatic heterocycles. The number of nitrogens with one attached hydrogen (secondary N) is 1. The Kier molecular flexibility index (Phi) is 7.25. The molecule has 0 aliphatic carbocycles. The average molecular weight is 357 g/mol. The first kappa shape index (κ1) is 19.7. The van der Waals surface area contributed by atoms with Crippen LogP contribution in [0.25, 0.3) is 0 Å². The van der Waals surface area contributed by atoms with Gasteiger partial charge < -0.3 is 11.1 Å². The Hall–Kier alpha value is -1.60. The molecule has 1 aromatic rings. The maximum atomic E-state index is 12.4. The van der Waals surface area contributed by atoms with Crippen molar-refractivity contribution in [3.8, 4) is 0 Å². The summed E-state index contributed by atoms with van der Waals surface area (Å²) >= 11 is 0. The van der Waals surface area contributed by atoms with Gasteiger partial charge in [0.2, 0.25) is 5.91 Å². The second-order valence-electron chi connectivity index (χ2n) is 6.69. The number of hydrogen-bond donors (Lipinski definition) is 2. The summed E-state index contributed by atoms with van der Waals surface area (Å²) in [7, 11) is 0. The molecule has 1 unspecified atom stereocenters. The van der Waals surface area contributed by atoms with Gasteiger partial charge >= 0.3 is 6.18 Å². The molecule has 0 bridgehead atoms. The maximum absolute atomic E-state index is 12.4. The van der Waals surface area contributed by atoms with Gasteiger partial charge in [0.05, 0.1) is 6.54 Å². The standard InChI is InChI=1S/C18H26F3N3O/c19-18(20,21)13-24-10-7-14(8-11-24)6-9-23-17(25)12-16(22)15-4-2-1-3-5-15/h1-5,14,16H,6-13,22H2,(H,23,25). The smallest absolute Gasteiger partial charge is 0.356 e. The molecule has 25 heavy (non-hydrogen) atoms. The molecule has 1 fully saturated rings. The van der Waals surface area contributed by atoms with Crippen molar-refractivity contribution in [3.05, 3.63) is 35.9 Å². The van der Waals surface area contributed by atoms with Gasteiger partial charge in [-0.3, -0.25) is 9.69 Å². The SMILES string of the molecule is NC(CC(=O)NCCC1CCN(CC(F)(F)F)CC1)c1ccccc1. The number of halogens is 3. The minimum absolute atomic E-state index is 0.0918. The van der Waals surface area contributed by atoms with Crippen LogP contribution in [-0.2, 0) is 4.79 Å². The van der Waals surface area contributed by atoms with E-state index in [1.807, 2.05) is 30.3 Å². The van der Waals surface area contributed by atoms with Gasteiger partial charge in [0.1, 0.15) is 0 Å². The van der Waals surface area contributed by atoms with E-state index in [-0.39, 0.29) is 18.4 Å². The molecule has 1 aromatic carbocycles. The van der Waals surface area contributed by atoms with Gasteiger partial charge in [-0.05, 0) is 43.8 Å². The monoisotopic (exact) mass is 357 g/mol. The molecule has 140 valence electrons. The zero-order valence-corrected chi connectivity index (χ0v) is 14.3. The van der Waals surface area contributed by atoms with Crippen molar-refractivity contribution < 1.29 is 18.0 Å². The number of carbonyl (C=O) groups excluding carboxylic acids is 1. The quantitative estimate of drug-likeness (QED) is 0.789. The molecule has 3 N–H and O–H groups in total. The first-order valence-electron chi connectivity index (χ1n) is 8.70. The number of benzene rings is 1. The van der Waals surface area contributed by atoms with E-state index in [1.165, 1.54) is 4.90 Å². The molecule has 4 nitrogen and oxygen atoms in total. The first-order chi connectivity index (χ1) is 11.8. The molecule has 1 heterocycles. The summed E-state index contributed by atoms with van der Waals surface area (Å²) in [5.74, 6) is 0.276. The van der Waals surface area contributed by atoms with E-state index in [0.29, 0.717) is 25.6 Å². The molecule has 0 saturated carbocycles. The van der Waals surface area contributed by atoms with Crippen LogP contribution in [0.3, 0.4) is 0 Å². The van der Waals surface area contributed by atoms with Gasteiger partial charge in [-0.1, -0.05) is 30.3 Å². The lowest BCUT2D eigenvalue weighted by Gasteiger charge is -2.32. The van der Waals surface area contributed by atoms with Gasteiger partial charge in [0.15, 0.2) is 0 Å². The van der Waals surface area contributed by atoms with Crippen molar-refractivity contribution in [2.24, 2.45) is 11.7 Å². The van der Waals surface area contributed by atoms with Gasteiger partial charge in [0, 0.05) is 19.0 Å². The lowest BCUT2D eigenvalue weighted by atomic mass is 9.93. The van der Waals surface area contributed by atoms with Crippen molar-refractivity contribution in [1.29, 1.82) is 0 Å². The molecule has 1 atom stereocenters. The normalized spacial score (nSPS) is 18.1. The van der Waals surface area contributed by atoms with Crippen LogP contribution in [0.2, 0.25) is 0 Å². The van der Waals surface area contributed by atoms with E-state index in [9.17, 15) is 18.0 Å². The maximum Gasteiger partial charge on any atom is 0.401 e. The Morgan fingerprint density at radius 1 is 1.24 bits per heavy atom. The molecule has 1 saturated heterocycles. The van der Waals surface area contributed by atoms with Crippen molar-refractivity contribution in [1.82, 2.24) is 10.2 Å². The van der Waals surface area contributed by atoms with E-state index in [1.54, 1.807) is 0 Å². The number of alkyl halides is 3. The van der Waals surface area contributed by atoms with Gasteiger partial charge in [-0.2, -0.15) is 13.2 Å². The minimum atomic E-state index is -4.13. The Labute approximate surface area is 146 Å². The fourth-order valence-corrected chi connectivity index (χ4v) is 3.19. The topological polar surface area (TPSA) is 58.4 Å². The molecule has 0 spiro atoms. The molecule has 7 heteroatoms. The van der Waals surface area contributed by atoms with Crippen LogP contribution < -0.4 is 11.1 Å². The third-order valence-electron chi connectivity index (χ3n) is 4.62. The Morgan fingerprint density at radius 3 is 2.48 bits per heavy atom. The largest absolute Gasteiger partial charge is 0.401 e. The van der Waals surface area contributed by atoms with Crippen LogP contribution in [0.1, 0.15) is 37.3 Å². The number of nitrogens with two attached hydrogens (primary N) is 1. The predicted molar refractivity (Wildman–Crippen MR) is 90.8 cm³/mol. The van der Waals surface area contributed by atoms with Crippen LogP contribution in [0.5, 0.6) is 0 Å². The minimum Gasteiger partial charge on any atom is -0.356 e. The summed E-state index contributed by atoms with van der Waals surface area (Å²) < 4.78 is 37.1. The molecule has 1 amide bonds. The van der Waals surface area contributed by atoms with E-state index < -0.39 is 12.7 Å². The van der Waals surface area contributed by atoms with Crippen molar-refractivity contribution in [2.75, 3.05) is 26.2 Å². The van der Waals surface area contributed by atoms with Gasteiger partial charge in [0.25, 0.3) is 0 Å². The Morgan fingerprint density at radius 2 is 1.88 bits per heavy atom. The van der Waals surface area contributed by atoms with Gasteiger partial charge in [-0.25, -0.2) is 0 Å². The number of nitrogens with zero attached hydrogens (tertiary/aromatic N) is 1. The third kappa shape index (κ3) is 7.44. The van der Waals surface area contributed by atoms with E-state index in [2.05, 4.69) is 5.32 Å². The summed E-state index contributed by atoms with van der Waals surface area (Å²) in [5.41, 5.74) is 6.94. The number of likely N-dealkylation sites (tertiary alicyclic amines) is 1. The summed E-state index contributed by atoms with van der Waals surface area (Å²) in [6.45, 7) is 0.659. The number of piperidine rings is 1. The Bertz CT molecular complexity index is 528. The number of hydrogen-bond acceptors (Lipinski definition) is 3. The molecular formula is C18H26F3N3O. The summed E-state index contributed by atoms with van der Waals surface area (Å²) in [5, 5.41) is 2.87. The highest BCUT2D eigenvalue weighted by Crippen LogP contribution is 2.24. The second-order valence-corrected chi connectivity index (χ2v) is 6.69. The van der Waals surface area contributed by atoms with Crippen LogP contribution in [0.4, 0.5) is 13.2 Å². The first-order valence-corrected chi connectivity index (χ1v) is 8.70. The second kappa shape index (κ2) is 9.20. The van der Waals surface area contributed by atoms with Gasteiger partial charge in [-0.15, -0.1) is 0 Å². The van der Waals surface area contributed by atoms with Crippen molar-refractivity contribution in [3.63, 3.8) is 0 Å². The molecule has 0 aromatic heterocycles. The van der Waals surface area contributed by atoms with Crippen LogP contribution >= 0.6 is 0 Å². The van der Waals surface area contributed by atoms with Crippen molar-refractivity contribution in [2.45, 2.75) is 37.9 Å². The number of rotatable bonds is 7. The number of amides is 1. The fraction of sp³-hybridized carbons (Fsp3) is 0.611. The summed E-state index contributed by atoms with van der Waals surface area (Å²) in [6.07, 6.45) is -1.61. The highest BCUT2D eigenvalue weighted by Gasteiger charge is 2.32. The predicted octanol–water partition coefficient (Wildman–Crippen LogP) is 2.86. The molecule has 2 rings (SSSR count). The highest BCUT2D eigenvalue weighted by molar-refractivity contribution is 5.76. The lowest BCUT2D eigenvalue weighted by Crippen LogP contribution is -2.40. The Balaban J connectivity index is 1.61. The molecular weight excluding hydrogens is 331 g/mol. The number of carbonyl (C=O) groups is 1. The summed E-state index contributed by atoms with van der Waals surface area (Å²) in [4.78, 5) is 13.4. The summed E-state index contributed by atoms with van der Waals surface area (Å²) in [6, 6.07) is 9.14. The van der Waals surface area contributed by atoms with Crippen LogP contribution in [0.15, 0.2) is 30.3 Å². The highest BCUT2D eigenvalue weighted by atomic mass is 19.4. The average Bonchev–Trinajstić information content (AvgIpc) is 2.56. The van der Waals surface area contributed by atoms with E-state index in [4.69, 9.17) is 5.73 Å². The zero-order chi connectivity index (χ0) is 18.3. The lowest BCUT2D eigenvalue weighted by molar-refractivity contribution is -0.148.